The van der Waals surface area contributed by atoms with Crippen LogP contribution in [0.5, 0.6) is 0 Å². The smallest absolute Gasteiger partial charge is 0.0322 e. The van der Waals surface area contributed by atoms with Gasteiger partial charge in [-0.15, -0.1) is 0 Å². The molecule has 1 heterocycles. The van der Waals surface area contributed by atoms with Gasteiger partial charge in [0, 0.05) is 30.7 Å². The summed E-state index contributed by atoms with van der Waals surface area (Å²) in [5, 5.41) is 3.66. The third kappa shape index (κ3) is 4.04. The first-order valence-corrected chi connectivity index (χ1v) is 6.45. The molecule has 1 fully saturated rings. The first kappa shape index (κ1) is 13.9. The van der Waals surface area contributed by atoms with E-state index >= 15 is 0 Å². The van der Waals surface area contributed by atoms with E-state index < -0.39 is 0 Å². The Labute approximate surface area is 101 Å². The fourth-order valence-corrected chi connectivity index (χ4v) is 2.63. The van der Waals surface area contributed by atoms with Gasteiger partial charge in [-0.1, -0.05) is 0 Å². The Bertz CT molecular complexity index is 208. The Morgan fingerprint density at radius 1 is 1.31 bits per heavy atom. The molecular formula is C13H29N3. The molecule has 0 amide bonds. The molecule has 1 saturated heterocycles. The largest absolute Gasteiger partial charge is 0.311 e. The minimum absolute atomic E-state index is 0.274. The summed E-state index contributed by atoms with van der Waals surface area (Å²) >= 11 is 0. The molecule has 0 spiro atoms. The molecule has 0 aromatic rings. The van der Waals surface area contributed by atoms with Crippen molar-refractivity contribution in [1.29, 1.82) is 0 Å². The molecule has 0 saturated carbocycles. The number of nitrogens with one attached hydrogen (secondary N) is 1. The minimum Gasteiger partial charge on any atom is -0.311 e. The highest BCUT2D eigenvalue weighted by Gasteiger charge is 2.30. The van der Waals surface area contributed by atoms with E-state index in [4.69, 9.17) is 0 Å². The van der Waals surface area contributed by atoms with Crippen molar-refractivity contribution in [1.82, 2.24) is 15.1 Å². The molecule has 0 aromatic heterocycles. The van der Waals surface area contributed by atoms with E-state index in [2.05, 4.69) is 56.9 Å². The van der Waals surface area contributed by atoms with Crippen molar-refractivity contribution in [3.63, 3.8) is 0 Å². The molecule has 2 atom stereocenters. The summed E-state index contributed by atoms with van der Waals surface area (Å²) in [6, 6.07) is 1.28. The van der Waals surface area contributed by atoms with E-state index in [0.717, 1.165) is 19.6 Å². The molecule has 0 aromatic carbocycles. The van der Waals surface area contributed by atoms with Crippen LogP contribution in [0.25, 0.3) is 0 Å². The summed E-state index contributed by atoms with van der Waals surface area (Å²) in [5.74, 6) is 0. The zero-order chi connectivity index (χ0) is 12.3. The predicted octanol–water partition coefficient (Wildman–Crippen LogP) is 1.40. The van der Waals surface area contributed by atoms with Crippen molar-refractivity contribution in [2.75, 3.05) is 33.7 Å². The molecule has 96 valence electrons. The van der Waals surface area contributed by atoms with Crippen molar-refractivity contribution in [2.45, 2.75) is 51.7 Å². The van der Waals surface area contributed by atoms with Gasteiger partial charge in [0.05, 0.1) is 0 Å². The van der Waals surface area contributed by atoms with Crippen molar-refractivity contribution in [3.8, 4) is 0 Å². The summed E-state index contributed by atoms with van der Waals surface area (Å²) < 4.78 is 0. The lowest BCUT2D eigenvalue weighted by Crippen LogP contribution is -2.52. The fraction of sp³-hybridized carbons (Fsp3) is 1.00. The lowest BCUT2D eigenvalue weighted by molar-refractivity contribution is 0.0849. The van der Waals surface area contributed by atoms with Gasteiger partial charge < -0.3 is 10.2 Å². The van der Waals surface area contributed by atoms with E-state index in [-0.39, 0.29) is 5.54 Å². The van der Waals surface area contributed by atoms with Crippen LogP contribution in [0.15, 0.2) is 0 Å². The Balaban J connectivity index is 2.66. The molecule has 0 bridgehead atoms. The molecular weight excluding hydrogens is 198 g/mol. The monoisotopic (exact) mass is 227 g/mol. The van der Waals surface area contributed by atoms with Crippen LogP contribution in [0.1, 0.15) is 34.1 Å². The summed E-state index contributed by atoms with van der Waals surface area (Å²) in [6.07, 6.45) is 1.25. The summed E-state index contributed by atoms with van der Waals surface area (Å²) in [7, 11) is 4.30. The van der Waals surface area contributed by atoms with Crippen LogP contribution in [-0.4, -0.2) is 61.2 Å². The second-order valence-electron chi connectivity index (χ2n) is 6.37. The van der Waals surface area contributed by atoms with Gasteiger partial charge in [0.2, 0.25) is 0 Å². The Morgan fingerprint density at radius 3 is 2.44 bits per heavy atom. The van der Waals surface area contributed by atoms with Crippen molar-refractivity contribution >= 4 is 0 Å². The van der Waals surface area contributed by atoms with Crippen LogP contribution in [-0.2, 0) is 0 Å². The van der Waals surface area contributed by atoms with Gasteiger partial charge in [-0.3, -0.25) is 4.90 Å². The van der Waals surface area contributed by atoms with Crippen LogP contribution in [0, 0.1) is 0 Å². The Morgan fingerprint density at radius 2 is 1.94 bits per heavy atom. The van der Waals surface area contributed by atoms with Crippen LogP contribution in [0.3, 0.4) is 0 Å². The molecule has 1 N–H and O–H groups in total. The lowest BCUT2D eigenvalue weighted by Gasteiger charge is -2.40. The van der Waals surface area contributed by atoms with E-state index in [1.165, 1.54) is 6.42 Å². The first-order valence-electron chi connectivity index (χ1n) is 6.45. The van der Waals surface area contributed by atoms with Crippen LogP contribution in [0.2, 0.25) is 0 Å². The molecule has 16 heavy (non-hydrogen) atoms. The van der Waals surface area contributed by atoms with E-state index in [0.29, 0.717) is 12.1 Å². The highest BCUT2D eigenvalue weighted by Crippen LogP contribution is 2.20. The Hall–Kier alpha value is -0.120. The maximum atomic E-state index is 3.66. The average molecular weight is 227 g/mol. The third-order valence-electron chi connectivity index (χ3n) is 3.39. The standard InChI is InChI=1S/C13H29N3/c1-11-7-8-14-12(9-15(5)6)10-16(11)13(2,3)4/h11-12,14H,7-10H2,1-6H3. The van der Waals surface area contributed by atoms with Gasteiger partial charge in [0.15, 0.2) is 0 Å². The Kier molecular flexibility index (Phi) is 4.77. The topological polar surface area (TPSA) is 18.5 Å². The SMILES string of the molecule is CC1CCNC(CN(C)C)CN1C(C)(C)C. The van der Waals surface area contributed by atoms with Crippen molar-refractivity contribution < 1.29 is 0 Å². The molecule has 3 nitrogen and oxygen atoms in total. The lowest BCUT2D eigenvalue weighted by atomic mass is 10.0. The van der Waals surface area contributed by atoms with Crippen LogP contribution >= 0.6 is 0 Å². The van der Waals surface area contributed by atoms with Crippen LogP contribution in [0.4, 0.5) is 0 Å². The van der Waals surface area contributed by atoms with Crippen molar-refractivity contribution in [3.05, 3.63) is 0 Å². The van der Waals surface area contributed by atoms with Gasteiger partial charge in [-0.2, -0.15) is 0 Å². The van der Waals surface area contributed by atoms with Gasteiger partial charge in [0.1, 0.15) is 0 Å². The molecule has 1 rings (SSSR count). The molecule has 1 aliphatic heterocycles. The summed E-state index contributed by atoms with van der Waals surface area (Å²) in [5.41, 5.74) is 0.274. The number of rotatable bonds is 2. The van der Waals surface area contributed by atoms with Gasteiger partial charge >= 0.3 is 0 Å². The summed E-state index contributed by atoms with van der Waals surface area (Å²) in [4.78, 5) is 4.91. The average Bonchev–Trinajstić information content (AvgIpc) is 2.26. The number of nitrogens with zero attached hydrogens (tertiary/aromatic N) is 2. The first-order chi connectivity index (χ1) is 7.30. The minimum atomic E-state index is 0.274. The number of likely N-dealkylation sites (N-methyl/N-ethyl adjacent to an activating group) is 1. The maximum absolute atomic E-state index is 3.66. The summed E-state index contributed by atoms with van der Waals surface area (Å²) in [6.45, 7) is 12.7. The normalized spacial score (nSPS) is 29.4. The molecule has 2 unspecified atom stereocenters. The molecule has 3 heteroatoms. The zero-order valence-electron chi connectivity index (χ0n) is 11.9. The second kappa shape index (κ2) is 5.48. The molecule has 0 radical (unpaired) electrons. The van der Waals surface area contributed by atoms with Gasteiger partial charge in [-0.05, 0) is 54.8 Å². The highest BCUT2D eigenvalue weighted by molar-refractivity contribution is 4.88. The molecule has 0 aliphatic carbocycles. The molecule has 1 aliphatic rings. The number of hydrogen-bond acceptors (Lipinski definition) is 3. The fourth-order valence-electron chi connectivity index (χ4n) is 2.63. The van der Waals surface area contributed by atoms with Gasteiger partial charge in [-0.25, -0.2) is 0 Å². The van der Waals surface area contributed by atoms with Gasteiger partial charge in [0.25, 0.3) is 0 Å². The maximum Gasteiger partial charge on any atom is 0.0322 e. The van der Waals surface area contributed by atoms with Crippen molar-refractivity contribution in [2.24, 2.45) is 0 Å². The number of hydrogen-bond donors (Lipinski definition) is 1. The zero-order valence-corrected chi connectivity index (χ0v) is 11.9. The van der Waals surface area contributed by atoms with E-state index in [9.17, 15) is 0 Å². The van der Waals surface area contributed by atoms with E-state index in [1.807, 2.05) is 0 Å². The third-order valence-corrected chi connectivity index (χ3v) is 3.39. The highest BCUT2D eigenvalue weighted by atomic mass is 15.3. The van der Waals surface area contributed by atoms with E-state index in [1.54, 1.807) is 0 Å². The quantitative estimate of drug-likeness (QED) is 0.769. The second-order valence-corrected chi connectivity index (χ2v) is 6.37. The predicted molar refractivity (Wildman–Crippen MR) is 70.9 cm³/mol. The van der Waals surface area contributed by atoms with Crippen LogP contribution < -0.4 is 5.32 Å².